The normalized spacial score (nSPS) is 18.4. The van der Waals surface area contributed by atoms with Crippen LogP contribution in [0.4, 0.5) is 0 Å². The van der Waals surface area contributed by atoms with Gasteiger partial charge in [0.25, 0.3) is 5.56 Å². The highest BCUT2D eigenvalue weighted by Gasteiger charge is 2.24. The highest BCUT2D eigenvalue weighted by molar-refractivity contribution is 7.19. The van der Waals surface area contributed by atoms with Crippen molar-refractivity contribution in [2.24, 2.45) is 0 Å². The summed E-state index contributed by atoms with van der Waals surface area (Å²) in [4.78, 5) is 28.6. The fraction of sp³-hybridized carbons (Fsp3) is 0.500. The Bertz CT molecular complexity index is 1030. The van der Waals surface area contributed by atoms with Crippen LogP contribution >= 0.6 is 11.3 Å². The molecule has 0 saturated carbocycles. The molecule has 6 nitrogen and oxygen atoms in total. The van der Waals surface area contributed by atoms with Crippen molar-refractivity contribution in [1.82, 2.24) is 19.1 Å². The van der Waals surface area contributed by atoms with Gasteiger partial charge in [0.1, 0.15) is 17.9 Å². The van der Waals surface area contributed by atoms with Gasteiger partial charge in [-0.15, -0.1) is 11.3 Å². The van der Waals surface area contributed by atoms with Gasteiger partial charge in [0, 0.05) is 17.5 Å². The maximum Gasteiger partial charge on any atom is 0.291 e. The number of aromatic nitrogens is 3. The predicted molar refractivity (Wildman–Crippen MR) is 99.3 cm³/mol. The maximum absolute atomic E-state index is 12.8. The van der Waals surface area contributed by atoms with Gasteiger partial charge in [-0.3, -0.25) is 14.0 Å². The van der Waals surface area contributed by atoms with Crippen LogP contribution in [0.25, 0.3) is 15.7 Å². The number of aryl methyl sites for hydroxylation is 2. The molecule has 0 radical (unpaired) electrons. The van der Waals surface area contributed by atoms with E-state index in [-0.39, 0.29) is 24.1 Å². The number of fused-ring (bicyclic) bond motifs is 3. The molecule has 1 saturated heterocycles. The summed E-state index contributed by atoms with van der Waals surface area (Å²) in [5.41, 5.74) is 1.40. The fourth-order valence-corrected chi connectivity index (χ4v) is 4.76. The number of hydrogen-bond donors (Lipinski definition) is 0. The molecule has 1 amide bonds. The van der Waals surface area contributed by atoms with E-state index < -0.39 is 0 Å². The van der Waals surface area contributed by atoms with E-state index in [9.17, 15) is 9.59 Å². The largest absolute Gasteiger partial charge is 0.338 e. The van der Waals surface area contributed by atoms with Crippen molar-refractivity contribution in [3.63, 3.8) is 0 Å². The van der Waals surface area contributed by atoms with E-state index in [1.54, 1.807) is 11.3 Å². The van der Waals surface area contributed by atoms with Gasteiger partial charge in [-0.25, -0.2) is 4.68 Å². The number of rotatable bonds is 2. The molecule has 0 unspecified atom stereocenters. The van der Waals surface area contributed by atoms with Crippen LogP contribution in [0.1, 0.15) is 36.9 Å². The number of hydrogen-bond acceptors (Lipinski definition) is 4. The summed E-state index contributed by atoms with van der Waals surface area (Å²) in [5, 5.41) is 4.42. The van der Waals surface area contributed by atoms with Crippen LogP contribution in [-0.2, 0) is 11.3 Å². The van der Waals surface area contributed by atoms with Crippen LogP contribution < -0.4 is 5.56 Å². The molecule has 132 valence electrons. The van der Waals surface area contributed by atoms with E-state index in [4.69, 9.17) is 0 Å². The lowest BCUT2D eigenvalue weighted by atomic mass is 10.0. The fourth-order valence-electron chi connectivity index (χ4n) is 3.81. The van der Waals surface area contributed by atoms with Crippen LogP contribution in [0, 0.1) is 13.8 Å². The van der Waals surface area contributed by atoms with Crippen LogP contribution in [0.15, 0.2) is 16.9 Å². The topological polar surface area (TPSA) is 59.6 Å². The maximum atomic E-state index is 12.8. The predicted octanol–water partition coefficient (Wildman–Crippen LogP) is 2.73. The first-order valence-corrected chi connectivity index (χ1v) is 9.56. The third-order valence-electron chi connectivity index (χ3n) is 5.06. The first kappa shape index (κ1) is 16.3. The summed E-state index contributed by atoms with van der Waals surface area (Å²) in [5.74, 6) is 0.705. The van der Waals surface area contributed by atoms with E-state index >= 15 is 0 Å². The van der Waals surface area contributed by atoms with Gasteiger partial charge in [-0.1, -0.05) is 0 Å². The average Bonchev–Trinajstić information content (AvgIpc) is 3.08. The Morgan fingerprint density at radius 3 is 2.84 bits per heavy atom. The van der Waals surface area contributed by atoms with Crippen molar-refractivity contribution >= 4 is 33.0 Å². The van der Waals surface area contributed by atoms with Crippen molar-refractivity contribution in [2.75, 3.05) is 6.54 Å². The minimum Gasteiger partial charge on any atom is -0.338 e. The lowest BCUT2D eigenvalue weighted by Gasteiger charge is -2.33. The molecule has 0 N–H and O–H groups in total. The zero-order valence-electron chi connectivity index (χ0n) is 14.8. The number of thiophene rings is 1. The summed E-state index contributed by atoms with van der Waals surface area (Å²) in [6.45, 7) is 6.79. The molecule has 1 aliphatic rings. The lowest BCUT2D eigenvalue weighted by Crippen LogP contribution is -2.45. The first-order valence-electron chi connectivity index (χ1n) is 8.74. The highest BCUT2D eigenvalue weighted by Crippen LogP contribution is 2.28. The number of nitrogens with zero attached hydrogens (tertiary/aromatic N) is 4. The Labute approximate surface area is 149 Å². The zero-order valence-corrected chi connectivity index (χ0v) is 15.6. The number of carbonyl (C=O) groups is 1. The molecule has 7 heteroatoms. The quantitative estimate of drug-likeness (QED) is 0.708. The molecule has 4 rings (SSSR count). The van der Waals surface area contributed by atoms with Gasteiger partial charge in [0.2, 0.25) is 5.91 Å². The van der Waals surface area contributed by atoms with Crippen LogP contribution in [-0.4, -0.2) is 37.6 Å². The first-order chi connectivity index (χ1) is 12.0. The number of piperidine rings is 1. The molecule has 3 aromatic rings. The van der Waals surface area contributed by atoms with Crippen LogP contribution in [0.2, 0.25) is 0 Å². The van der Waals surface area contributed by atoms with E-state index in [0.29, 0.717) is 5.52 Å². The van der Waals surface area contributed by atoms with Gasteiger partial charge in [-0.05, 0) is 52.2 Å². The molecule has 4 heterocycles. The molecule has 1 atom stereocenters. The molecule has 1 aliphatic heterocycles. The van der Waals surface area contributed by atoms with Crippen LogP contribution in [0.5, 0.6) is 0 Å². The molecule has 0 aromatic carbocycles. The SMILES string of the molecule is Cc1cc2c(cc3c(=O)n(CC(=O)N4CCCC[C@H]4C)nc(C)n32)s1. The Morgan fingerprint density at radius 1 is 1.28 bits per heavy atom. The molecule has 1 fully saturated rings. The molecular weight excluding hydrogens is 336 g/mol. The summed E-state index contributed by atoms with van der Waals surface area (Å²) in [7, 11) is 0. The second kappa shape index (κ2) is 5.98. The van der Waals surface area contributed by atoms with E-state index in [1.165, 1.54) is 9.56 Å². The van der Waals surface area contributed by atoms with Crippen molar-refractivity contribution in [3.8, 4) is 0 Å². The summed E-state index contributed by atoms with van der Waals surface area (Å²) in [6, 6.07) is 4.23. The van der Waals surface area contributed by atoms with E-state index in [0.717, 1.165) is 41.8 Å². The Morgan fingerprint density at radius 2 is 2.08 bits per heavy atom. The smallest absolute Gasteiger partial charge is 0.291 e. The van der Waals surface area contributed by atoms with Gasteiger partial charge in [-0.2, -0.15) is 5.10 Å². The monoisotopic (exact) mass is 358 g/mol. The third-order valence-corrected chi connectivity index (χ3v) is 6.05. The molecular formula is C18H22N4O2S. The Hall–Kier alpha value is -2.15. The van der Waals surface area contributed by atoms with Gasteiger partial charge in [0.05, 0.1) is 10.2 Å². The van der Waals surface area contributed by atoms with Crippen molar-refractivity contribution in [3.05, 3.63) is 33.2 Å². The summed E-state index contributed by atoms with van der Waals surface area (Å²) in [6.07, 6.45) is 3.22. The van der Waals surface area contributed by atoms with E-state index in [2.05, 4.69) is 25.0 Å². The third kappa shape index (κ3) is 2.66. The minimum absolute atomic E-state index is 0.0123. The molecule has 0 bridgehead atoms. The van der Waals surface area contributed by atoms with Gasteiger partial charge >= 0.3 is 0 Å². The molecule has 25 heavy (non-hydrogen) atoms. The second-order valence-electron chi connectivity index (χ2n) is 6.91. The van der Waals surface area contributed by atoms with Crippen LogP contribution in [0.3, 0.4) is 0 Å². The highest BCUT2D eigenvalue weighted by atomic mass is 32.1. The Balaban J connectivity index is 1.74. The molecule has 3 aromatic heterocycles. The van der Waals surface area contributed by atoms with Gasteiger partial charge < -0.3 is 4.90 Å². The van der Waals surface area contributed by atoms with Crippen molar-refractivity contribution in [1.29, 1.82) is 0 Å². The average molecular weight is 358 g/mol. The standard InChI is InChI=1S/C18H22N4O2S/c1-11-6-4-5-7-20(11)17(23)10-21-18(24)15-9-16-14(8-12(2)25-16)22(15)13(3)19-21/h8-9,11H,4-7,10H2,1-3H3/t11-/m1/s1. The molecule has 0 aliphatic carbocycles. The van der Waals surface area contributed by atoms with Crippen molar-refractivity contribution < 1.29 is 4.79 Å². The number of carbonyl (C=O) groups excluding carboxylic acids is 1. The zero-order chi connectivity index (χ0) is 17.7. The Kier molecular flexibility index (Phi) is 3.91. The van der Waals surface area contributed by atoms with E-state index in [1.807, 2.05) is 22.3 Å². The number of likely N-dealkylation sites (tertiary alicyclic amines) is 1. The van der Waals surface area contributed by atoms with Gasteiger partial charge in [0.15, 0.2) is 0 Å². The number of amides is 1. The molecule has 0 spiro atoms. The lowest BCUT2D eigenvalue weighted by molar-refractivity contribution is -0.135. The summed E-state index contributed by atoms with van der Waals surface area (Å²) >= 11 is 1.67. The minimum atomic E-state index is -0.204. The second-order valence-corrected chi connectivity index (χ2v) is 8.20. The summed E-state index contributed by atoms with van der Waals surface area (Å²) < 4.78 is 4.30. The van der Waals surface area contributed by atoms with Crippen molar-refractivity contribution in [2.45, 2.75) is 52.6 Å².